The molecule has 1 aliphatic rings. The molecule has 1 heterocycles. The van der Waals surface area contributed by atoms with Crippen molar-refractivity contribution in [3.63, 3.8) is 0 Å². The second kappa shape index (κ2) is 3.46. The van der Waals surface area contributed by atoms with Gasteiger partial charge >= 0.3 is 5.97 Å². The molecule has 80 valence electrons. The first-order valence-corrected chi connectivity index (χ1v) is 4.77. The Hall–Kier alpha value is -1.71. The molecule has 0 saturated heterocycles. The highest BCUT2D eigenvalue weighted by molar-refractivity contribution is 5.91. The summed E-state index contributed by atoms with van der Waals surface area (Å²) < 4.78 is 10.5. The molecule has 0 unspecified atom stereocenters. The lowest BCUT2D eigenvalue weighted by Crippen LogP contribution is -2.05. The molecule has 0 aromatic heterocycles. The predicted molar refractivity (Wildman–Crippen MR) is 53.6 cm³/mol. The van der Waals surface area contributed by atoms with Gasteiger partial charge in [-0.15, -0.1) is 0 Å². The van der Waals surface area contributed by atoms with Crippen molar-refractivity contribution >= 4 is 5.97 Å². The van der Waals surface area contributed by atoms with E-state index in [4.69, 9.17) is 14.6 Å². The van der Waals surface area contributed by atoms with Gasteiger partial charge in [0, 0.05) is 5.56 Å². The maximum Gasteiger partial charge on any atom is 0.336 e. The van der Waals surface area contributed by atoms with Crippen molar-refractivity contribution in [2.75, 3.05) is 6.79 Å². The van der Waals surface area contributed by atoms with Crippen molar-refractivity contribution in [3.8, 4) is 11.5 Å². The Labute approximate surface area is 87.4 Å². The maximum absolute atomic E-state index is 11.0. The van der Waals surface area contributed by atoms with E-state index in [2.05, 4.69) is 0 Å². The number of carboxylic acids is 1. The zero-order chi connectivity index (χ0) is 11.0. The fraction of sp³-hybridized carbons (Fsp3) is 0.364. The van der Waals surface area contributed by atoms with E-state index in [1.165, 1.54) is 0 Å². The molecule has 0 radical (unpaired) electrons. The quantitative estimate of drug-likeness (QED) is 0.809. The van der Waals surface area contributed by atoms with Crippen molar-refractivity contribution in [1.29, 1.82) is 0 Å². The third-order valence-corrected chi connectivity index (χ3v) is 2.39. The summed E-state index contributed by atoms with van der Waals surface area (Å²) in [7, 11) is 0. The van der Waals surface area contributed by atoms with Crippen LogP contribution in [0.1, 0.15) is 35.7 Å². The van der Waals surface area contributed by atoms with Gasteiger partial charge in [0.1, 0.15) is 0 Å². The van der Waals surface area contributed by atoms with Gasteiger partial charge < -0.3 is 14.6 Å². The van der Waals surface area contributed by atoms with Crippen LogP contribution in [-0.2, 0) is 0 Å². The molecule has 0 aliphatic carbocycles. The first kappa shape index (κ1) is 9.83. The zero-order valence-corrected chi connectivity index (χ0v) is 8.61. The van der Waals surface area contributed by atoms with E-state index >= 15 is 0 Å². The molecule has 1 N–H and O–H groups in total. The Morgan fingerprint density at radius 3 is 2.73 bits per heavy atom. The van der Waals surface area contributed by atoms with Gasteiger partial charge in [0.25, 0.3) is 0 Å². The maximum atomic E-state index is 11.0. The second-order valence-electron chi connectivity index (χ2n) is 3.72. The molecule has 4 heteroatoms. The number of rotatable bonds is 2. The van der Waals surface area contributed by atoms with Crippen molar-refractivity contribution in [3.05, 3.63) is 23.3 Å². The van der Waals surface area contributed by atoms with E-state index in [0.29, 0.717) is 17.1 Å². The predicted octanol–water partition coefficient (Wildman–Crippen LogP) is 2.24. The van der Waals surface area contributed by atoms with E-state index in [1.54, 1.807) is 12.1 Å². The highest BCUT2D eigenvalue weighted by Crippen LogP contribution is 2.41. The summed E-state index contributed by atoms with van der Waals surface area (Å²) in [5.41, 5.74) is 0.992. The summed E-state index contributed by atoms with van der Waals surface area (Å²) in [6.45, 7) is 4.03. The smallest absolute Gasteiger partial charge is 0.336 e. The third-order valence-electron chi connectivity index (χ3n) is 2.39. The number of aromatic carboxylic acids is 1. The van der Waals surface area contributed by atoms with E-state index in [9.17, 15) is 4.79 Å². The van der Waals surface area contributed by atoms with Gasteiger partial charge in [0.05, 0.1) is 5.56 Å². The summed E-state index contributed by atoms with van der Waals surface area (Å²) in [5.74, 6) is 0.360. The first-order valence-electron chi connectivity index (χ1n) is 4.77. The summed E-state index contributed by atoms with van der Waals surface area (Å²) in [6, 6.07) is 3.20. The lowest BCUT2D eigenvalue weighted by molar-refractivity contribution is 0.0694. The van der Waals surface area contributed by atoms with Crippen LogP contribution in [0.4, 0.5) is 0 Å². The first-order chi connectivity index (χ1) is 7.11. The molecule has 1 aromatic rings. The van der Waals surface area contributed by atoms with Gasteiger partial charge in [-0.3, -0.25) is 0 Å². The van der Waals surface area contributed by atoms with Crippen molar-refractivity contribution in [1.82, 2.24) is 0 Å². The van der Waals surface area contributed by atoms with Gasteiger partial charge in [-0.2, -0.15) is 0 Å². The van der Waals surface area contributed by atoms with Crippen LogP contribution in [0.2, 0.25) is 0 Å². The topological polar surface area (TPSA) is 55.8 Å². The normalized spacial score (nSPS) is 13.3. The minimum absolute atomic E-state index is 0.0905. The van der Waals surface area contributed by atoms with Crippen LogP contribution in [0, 0.1) is 0 Å². The second-order valence-corrected chi connectivity index (χ2v) is 3.72. The molecule has 0 amide bonds. The summed E-state index contributed by atoms with van der Waals surface area (Å²) in [5, 5.41) is 9.05. The van der Waals surface area contributed by atoms with Crippen LogP contribution in [0.3, 0.4) is 0 Å². The molecule has 1 aliphatic heterocycles. The third kappa shape index (κ3) is 1.52. The zero-order valence-electron chi connectivity index (χ0n) is 8.61. The molecule has 0 fully saturated rings. The Kier molecular flexibility index (Phi) is 2.26. The molecule has 1 aromatic carbocycles. The van der Waals surface area contributed by atoms with Gasteiger partial charge in [0.15, 0.2) is 11.5 Å². The minimum atomic E-state index is -0.933. The molecule has 15 heavy (non-hydrogen) atoms. The number of ether oxygens (including phenoxy) is 2. The molecule has 0 spiro atoms. The highest BCUT2D eigenvalue weighted by atomic mass is 16.7. The molecular formula is C11H12O4. The molecular weight excluding hydrogens is 196 g/mol. The average Bonchev–Trinajstić information content (AvgIpc) is 2.62. The van der Waals surface area contributed by atoms with Gasteiger partial charge in [-0.05, 0) is 18.1 Å². The Morgan fingerprint density at radius 1 is 1.40 bits per heavy atom. The molecule has 0 atom stereocenters. The van der Waals surface area contributed by atoms with Crippen LogP contribution in [-0.4, -0.2) is 17.9 Å². The number of hydrogen-bond acceptors (Lipinski definition) is 3. The SMILES string of the molecule is CC(C)c1c(C(=O)O)ccc2c1OCO2. The average molecular weight is 208 g/mol. The number of benzene rings is 1. The Morgan fingerprint density at radius 2 is 2.13 bits per heavy atom. The fourth-order valence-electron chi connectivity index (χ4n) is 1.75. The Balaban J connectivity index is 2.63. The van der Waals surface area contributed by atoms with Gasteiger partial charge in [0.2, 0.25) is 6.79 Å². The van der Waals surface area contributed by atoms with Crippen molar-refractivity contribution in [2.24, 2.45) is 0 Å². The van der Waals surface area contributed by atoms with E-state index in [0.717, 1.165) is 0 Å². The summed E-state index contributed by atoms with van der Waals surface area (Å²) >= 11 is 0. The van der Waals surface area contributed by atoms with Crippen LogP contribution in [0.15, 0.2) is 12.1 Å². The van der Waals surface area contributed by atoms with Crippen molar-refractivity contribution < 1.29 is 19.4 Å². The monoisotopic (exact) mass is 208 g/mol. The van der Waals surface area contributed by atoms with Crippen molar-refractivity contribution in [2.45, 2.75) is 19.8 Å². The van der Waals surface area contributed by atoms with E-state index in [-0.39, 0.29) is 18.3 Å². The number of carboxylic acid groups (broad SMARTS) is 1. The summed E-state index contributed by atoms with van der Waals surface area (Å²) in [4.78, 5) is 11.0. The number of fused-ring (bicyclic) bond motifs is 1. The lowest BCUT2D eigenvalue weighted by Gasteiger charge is -2.12. The van der Waals surface area contributed by atoms with Crippen LogP contribution in [0.25, 0.3) is 0 Å². The molecule has 2 rings (SSSR count). The fourth-order valence-corrected chi connectivity index (χ4v) is 1.75. The van der Waals surface area contributed by atoms with Crippen LogP contribution < -0.4 is 9.47 Å². The number of carbonyl (C=O) groups is 1. The minimum Gasteiger partial charge on any atom is -0.478 e. The highest BCUT2D eigenvalue weighted by Gasteiger charge is 2.25. The lowest BCUT2D eigenvalue weighted by atomic mass is 9.95. The van der Waals surface area contributed by atoms with Crippen LogP contribution >= 0.6 is 0 Å². The summed E-state index contributed by atoms with van der Waals surface area (Å²) in [6.07, 6.45) is 0. The van der Waals surface area contributed by atoms with Crippen LogP contribution in [0.5, 0.6) is 11.5 Å². The standard InChI is InChI=1S/C11H12O4/c1-6(2)9-7(11(12)13)3-4-8-10(9)15-5-14-8/h3-4,6H,5H2,1-2H3,(H,12,13). The largest absolute Gasteiger partial charge is 0.478 e. The van der Waals surface area contributed by atoms with Gasteiger partial charge in [-0.25, -0.2) is 4.79 Å². The molecule has 0 bridgehead atoms. The molecule has 4 nitrogen and oxygen atoms in total. The van der Waals surface area contributed by atoms with E-state index < -0.39 is 5.97 Å². The Bertz CT molecular complexity index is 409. The number of hydrogen-bond donors (Lipinski definition) is 1. The van der Waals surface area contributed by atoms with E-state index in [1.807, 2.05) is 13.8 Å². The van der Waals surface area contributed by atoms with Gasteiger partial charge in [-0.1, -0.05) is 13.8 Å². The molecule has 0 saturated carbocycles.